The van der Waals surface area contributed by atoms with Crippen molar-refractivity contribution in [2.75, 3.05) is 6.61 Å². The smallest absolute Gasteiger partial charge is 0.122 e. The molecule has 0 N–H and O–H groups in total. The molecule has 0 saturated carbocycles. The Morgan fingerprint density at radius 1 is 1.11 bits per heavy atom. The van der Waals surface area contributed by atoms with Crippen molar-refractivity contribution in [2.24, 2.45) is 0 Å². The third-order valence-electron chi connectivity index (χ3n) is 3.26. The van der Waals surface area contributed by atoms with Crippen LogP contribution in [0.2, 0.25) is 10.0 Å². The lowest BCUT2D eigenvalue weighted by Gasteiger charge is -2.15. The molecule has 0 spiro atoms. The predicted octanol–water partition coefficient (Wildman–Crippen LogP) is 5.41. The van der Waals surface area contributed by atoms with E-state index in [1.54, 1.807) is 0 Å². The van der Waals surface area contributed by atoms with Crippen molar-refractivity contribution in [1.82, 2.24) is 0 Å². The standard InChI is InChI=1S/C15H11BrCl2O/c16-15(14-11(17)2-1-3-12(14)18)10-4-5-13-9(8-10)6-7-19-13/h1-5,8,15H,6-7H2. The van der Waals surface area contributed by atoms with Crippen LogP contribution in [-0.2, 0) is 6.42 Å². The molecule has 0 amide bonds. The summed E-state index contributed by atoms with van der Waals surface area (Å²) in [5, 5.41) is 1.34. The summed E-state index contributed by atoms with van der Waals surface area (Å²) in [5.74, 6) is 0.980. The van der Waals surface area contributed by atoms with Gasteiger partial charge < -0.3 is 4.74 Å². The van der Waals surface area contributed by atoms with Gasteiger partial charge in [-0.2, -0.15) is 0 Å². The third kappa shape index (κ3) is 2.49. The molecule has 19 heavy (non-hydrogen) atoms. The quantitative estimate of drug-likeness (QED) is 0.652. The minimum atomic E-state index is -0.0143. The van der Waals surface area contributed by atoms with E-state index in [-0.39, 0.29) is 4.83 Å². The van der Waals surface area contributed by atoms with Crippen molar-refractivity contribution in [3.05, 3.63) is 63.1 Å². The number of ether oxygens (including phenoxy) is 1. The molecule has 0 aromatic heterocycles. The van der Waals surface area contributed by atoms with Crippen LogP contribution in [0.15, 0.2) is 36.4 Å². The van der Waals surface area contributed by atoms with Crippen LogP contribution >= 0.6 is 39.1 Å². The van der Waals surface area contributed by atoms with Crippen LogP contribution in [-0.4, -0.2) is 6.61 Å². The van der Waals surface area contributed by atoms with E-state index in [1.165, 1.54) is 5.56 Å². The molecule has 0 fully saturated rings. The Morgan fingerprint density at radius 3 is 2.58 bits per heavy atom. The highest BCUT2D eigenvalue weighted by Gasteiger charge is 2.20. The van der Waals surface area contributed by atoms with E-state index in [2.05, 4.69) is 22.0 Å². The van der Waals surface area contributed by atoms with Gasteiger partial charge >= 0.3 is 0 Å². The maximum Gasteiger partial charge on any atom is 0.122 e. The van der Waals surface area contributed by atoms with Crippen LogP contribution in [0.25, 0.3) is 0 Å². The Kier molecular flexibility index (Phi) is 3.75. The Morgan fingerprint density at radius 2 is 1.84 bits per heavy atom. The monoisotopic (exact) mass is 356 g/mol. The van der Waals surface area contributed by atoms with Gasteiger partial charge in [0, 0.05) is 22.0 Å². The van der Waals surface area contributed by atoms with Crippen molar-refractivity contribution >= 4 is 39.1 Å². The van der Waals surface area contributed by atoms with Gasteiger partial charge in [0.2, 0.25) is 0 Å². The molecule has 1 heterocycles. The van der Waals surface area contributed by atoms with Gasteiger partial charge in [-0.25, -0.2) is 0 Å². The van der Waals surface area contributed by atoms with Gasteiger partial charge in [-0.15, -0.1) is 0 Å². The van der Waals surface area contributed by atoms with Gasteiger partial charge in [0.15, 0.2) is 0 Å². The molecule has 1 atom stereocenters. The first-order valence-electron chi connectivity index (χ1n) is 6.00. The molecule has 0 radical (unpaired) electrons. The van der Waals surface area contributed by atoms with Crippen LogP contribution in [0.5, 0.6) is 5.75 Å². The highest BCUT2D eigenvalue weighted by Crippen LogP contribution is 2.41. The zero-order valence-electron chi connectivity index (χ0n) is 10.00. The molecule has 0 saturated heterocycles. The Bertz CT molecular complexity index is 607. The van der Waals surface area contributed by atoms with Crippen LogP contribution < -0.4 is 4.74 Å². The molecule has 4 heteroatoms. The molecule has 1 nitrogen and oxygen atoms in total. The molecule has 3 rings (SSSR count). The lowest BCUT2D eigenvalue weighted by Crippen LogP contribution is -1.96. The summed E-state index contributed by atoms with van der Waals surface area (Å²) in [7, 11) is 0. The average molecular weight is 358 g/mol. The highest BCUT2D eigenvalue weighted by molar-refractivity contribution is 9.09. The fourth-order valence-corrected chi connectivity index (χ4v) is 3.94. The van der Waals surface area contributed by atoms with Gasteiger partial charge in [-0.1, -0.05) is 57.3 Å². The zero-order chi connectivity index (χ0) is 13.4. The molecule has 2 aromatic rings. The van der Waals surface area contributed by atoms with Crippen molar-refractivity contribution < 1.29 is 4.74 Å². The number of fused-ring (bicyclic) bond motifs is 1. The lowest BCUT2D eigenvalue weighted by molar-refractivity contribution is 0.357. The maximum atomic E-state index is 6.25. The Labute approximate surface area is 130 Å². The summed E-state index contributed by atoms with van der Waals surface area (Å²) in [6.07, 6.45) is 0.957. The number of alkyl halides is 1. The first-order chi connectivity index (χ1) is 9.16. The SMILES string of the molecule is Clc1cccc(Cl)c1C(Br)c1ccc2c(c1)CCO2. The molecule has 0 aliphatic carbocycles. The second kappa shape index (κ2) is 5.35. The van der Waals surface area contributed by atoms with Crippen LogP contribution in [0.4, 0.5) is 0 Å². The zero-order valence-corrected chi connectivity index (χ0v) is 13.1. The van der Waals surface area contributed by atoms with E-state index in [0.29, 0.717) is 10.0 Å². The highest BCUT2D eigenvalue weighted by atomic mass is 79.9. The lowest BCUT2D eigenvalue weighted by atomic mass is 10.0. The molecule has 1 unspecified atom stereocenters. The number of hydrogen-bond donors (Lipinski definition) is 0. The minimum Gasteiger partial charge on any atom is -0.493 e. The van der Waals surface area contributed by atoms with Crippen LogP contribution in [0.3, 0.4) is 0 Å². The molecular formula is C15H11BrCl2O. The van der Waals surface area contributed by atoms with E-state index in [9.17, 15) is 0 Å². The fraction of sp³-hybridized carbons (Fsp3) is 0.200. The maximum absolute atomic E-state index is 6.25. The summed E-state index contributed by atoms with van der Waals surface area (Å²) in [5.41, 5.74) is 3.29. The number of benzene rings is 2. The number of rotatable bonds is 2. The van der Waals surface area contributed by atoms with Gasteiger partial charge in [0.25, 0.3) is 0 Å². The van der Waals surface area contributed by atoms with Crippen LogP contribution in [0, 0.1) is 0 Å². The van der Waals surface area contributed by atoms with Crippen LogP contribution in [0.1, 0.15) is 21.5 Å². The normalized spacial score (nSPS) is 14.9. The summed E-state index contributed by atoms with van der Waals surface area (Å²) >= 11 is 16.2. The first kappa shape index (κ1) is 13.3. The second-order valence-corrected chi connectivity index (χ2v) is 6.19. The second-order valence-electron chi connectivity index (χ2n) is 4.46. The molecule has 1 aliphatic rings. The Hall–Kier alpha value is -0.700. The van der Waals surface area contributed by atoms with Gasteiger partial charge in [-0.3, -0.25) is 0 Å². The fourth-order valence-electron chi connectivity index (χ4n) is 2.28. The topological polar surface area (TPSA) is 9.23 Å². The number of halogens is 3. The van der Waals surface area contributed by atoms with Gasteiger partial charge in [0.05, 0.1) is 11.4 Å². The first-order valence-corrected chi connectivity index (χ1v) is 7.67. The van der Waals surface area contributed by atoms with Gasteiger partial charge in [-0.05, 0) is 29.3 Å². The Balaban J connectivity index is 2.02. The third-order valence-corrected chi connectivity index (χ3v) is 4.90. The van der Waals surface area contributed by atoms with Crippen molar-refractivity contribution in [3.63, 3.8) is 0 Å². The summed E-state index contributed by atoms with van der Waals surface area (Å²) in [6, 6.07) is 11.8. The molecule has 2 aromatic carbocycles. The van der Waals surface area contributed by atoms with Gasteiger partial charge in [0.1, 0.15) is 5.75 Å². The predicted molar refractivity (Wildman–Crippen MR) is 82.9 cm³/mol. The molecule has 0 bridgehead atoms. The molecular weight excluding hydrogens is 347 g/mol. The van der Waals surface area contributed by atoms with E-state index >= 15 is 0 Å². The van der Waals surface area contributed by atoms with Crippen molar-refractivity contribution in [3.8, 4) is 5.75 Å². The minimum absolute atomic E-state index is 0.0143. The van der Waals surface area contributed by atoms with E-state index in [0.717, 1.165) is 29.9 Å². The van der Waals surface area contributed by atoms with E-state index < -0.39 is 0 Å². The van der Waals surface area contributed by atoms with E-state index in [1.807, 2.05) is 30.3 Å². The average Bonchev–Trinajstić information content (AvgIpc) is 2.85. The summed E-state index contributed by atoms with van der Waals surface area (Å²) < 4.78 is 5.52. The largest absolute Gasteiger partial charge is 0.493 e. The molecule has 1 aliphatic heterocycles. The summed E-state index contributed by atoms with van der Waals surface area (Å²) in [4.78, 5) is -0.0143. The van der Waals surface area contributed by atoms with E-state index in [4.69, 9.17) is 27.9 Å². The van der Waals surface area contributed by atoms with Crippen molar-refractivity contribution in [1.29, 1.82) is 0 Å². The number of hydrogen-bond acceptors (Lipinski definition) is 1. The van der Waals surface area contributed by atoms with Crippen molar-refractivity contribution in [2.45, 2.75) is 11.2 Å². The molecule has 98 valence electrons. The summed E-state index contributed by atoms with van der Waals surface area (Å²) in [6.45, 7) is 0.762.